The van der Waals surface area contributed by atoms with Crippen LogP contribution in [0.15, 0.2) is 12.1 Å². The highest BCUT2D eigenvalue weighted by Crippen LogP contribution is 2.29. The van der Waals surface area contributed by atoms with Gasteiger partial charge < -0.3 is 20.1 Å². The molecular weight excluding hydrogens is 240 g/mol. The second kappa shape index (κ2) is 7.36. The van der Waals surface area contributed by atoms with Gasteiger partial charge in [-0.3, -0.25) is 0 Å². The number of benzene rings is 1. The van der Waals surface area contributed by atoms with E-state index in [0.29, 0.717) is 12.5 Å². The van der Waals surface area contributed by atoms with Crippen molar-refractivity contribution in [2.75, 3.05) is 34.4 Å². The molecule has 0 aliphatic heterocycles. The Balaban J connectivity index is 2.86. The predicted molar refractivity (Wildman–Crippen MR) is 78.8 cm³/mol. The second-order valence-corrected chi connectivity index (χ2v) is 5.17. The normalized spacial score (nSPS) is 12.6. The number of nitrogens with two attached hydrogens (primary N) is 1. The minimum atomic E-state index is 0.489. The van der Waals surface area contributed by atoms with Crippen molar-refractivity contribution in [2.45, 2.75) is 20.4 Å². The molecule has 2 N–H and O–H groups in total. The molecule has 0 bridgehead atoms. The molecule has 0 heterocycles. The average Bonchev–Trinajstić information content (AvgIpc) is 2.39. The summed E-state index contributed by atoms with van der Waals surface area (Å²) in [6.07, 6.45) is 0. The van der Waals surface area contributed by atoms with Gasteiger partial charge in [-0.2, -0.15) is 0 Å². The third-order valence-corrected chi connectivity index (χ3v) is 3.26. The molecule has 108 valence electrons. The summed E-state index contributed by atoms with van der Waals surface area (Å²) in [5, 5.41) is 0. The van der Waals surface area contributed by atoms with Gasteiger partial charge in [0.15, 0.2) is 0 Å². The van der Waals surface area contributed by atoms with E-state index in [4.69, 9.17) is 15.2 Å². The minimum absolute atomic E-state index is 0.489. The van der Waals surface area contributed by atoms with Crippen LogP contribution >= 0.6 is 0 Å². The number of nitrogens with zero attached hydrogens (tertiary/aromatic N) is 1. The predicted octanol–water partition coefficient (Wildman–Crippen LogP) is 2.04. The van der Waals surface area contributed by atoms with Crippen molar-refractivity contribution in [2.24, 2.45) is 11.7 Å². The number of aryl methyl sites for hydroxylation is 1. The van der Waals surface area contributed by atoms with Gasteiger partial charge in [-0.15, -0.1) is 0 Å². The zero-order chi connectivity index (χ0) is 14.4. The van der Waals surface area contributed by atoms with Crippen molar-refractivity contribution in [1.29, 1.82) is 0 Å². The molecule has 0 spiro atoms. The fraction of sp³-hybridized carbons (Fsp3) is 0.600. The Morgan fingerprint density at radius 3 is 2.37 bits per heavy atom. The van der Waals surface area contributed by atoms with Crippen LogP contribution < -0.4 is 15.2 Å². The van der Waals surface area contributed by atoms with E-state index in [1.807, 2.05) is 13.0 Å². The van der Waals surface area contributed by atoms with Crippen LogP contribution in [0.4, 0.5) is 0 Å². The fourth-order valence-corrected chi connectivity index (χ4v) is 2.20. The van der Waals surface area contributed by atoms with Crippen molar-refractivity contribution in [3.8, 4) is 11.5 Å². The van der Waals surface area contributed by atoms with Crippen LogP contribution in [0.5, 0.6) is 11.5 Å². The smallest absolute Gasteiger partial charge is 0.123 e. The van der Waals surface area contributed by atoms with Crippen LogP contribution in [0.3, 0.4) is 0 Å². The lowest BCUT2D eigenvalue weighted by atomic mass is 10.1. The molecule has 0 radical (unpaired) electrons. The van der Waals surface area contributed by atoms with Gasteiger partial charge in [-0.05, 0) is 44.1 Å². The van der Waals surface area contributed by atoms with Gasteiger partial charge in [0.2, 0.25) is 0 Å². The molecule has 0 aliphatic rings. The van der Waals surface area contributed by atoms with Crippen molar-refractivity contribution in [3.05, 3.63) is 23.3 Å². The SMILES string of the molecule is COc1cc(CN(C)CC(C)CN)c(OC)cc1C. The average molecular weight is 266 g/mol. The van der Waals surface area contributed by atoms with Crippen molar-refractivity contribution < 1.29 is 9.47 Å². The minimum Gasteiger partial charge on any atom is -0.496 e. The first-order chi connectivity index (χ1) is 9.01. The van der Waals surface area contributed by atoms with Gasteiger partial charge in [0.05, 0.1) is 14.2 Å². The van der Waals surface area contributed by atoms with E-state index >= 15 is 0 Å². The number of ether oxygens (including phenoxy) is 2. The van der Waals surface area contributed by atoms with Crippen molar-refractivity contribution >= 4 is 0 Å². The Morgan fingerprint density at radius 1 is 1.21 bits per heavy atom. The summed E-state index contributed by atoms with van der Waals surface area (Å²) in [6.45, 7) is 6.67. The first kappa shape index (κ1) is 15.8. The molecule has 0 fully saturated rings. The third-order valence-electron chi connectivity index (χ3n) is 3.26. The summed E-state index contributed by atoms with van der Waals surface area (Å²) >= 11 is 0. The summed E-state index contributed by atoms with van der Waals surface area (Å²) in [5.74, 6) is 2.30. The van der Waals surface area contributed by atoms with Gasteiger partial charge in [-0.25, -0.2) is 0 Å². The molecule has 1 unspecified atom stereocenters. The molecular formula is C15H26N2O2. The van der Waals surface area contributed by atoms with Crippen LogP contribution in [0, 0.1) is 12.8 Å². The molecule has 0 saturated heterocycles. The van der Waals surface area contributed by atoms with Crippen LogP contribution in [-0.2, 0) is 6.54 Å². The maximum Gasteiger partial charge on any atom is 0.123 e. The van der Waals surface area contributed by atoms with Crippen LogP contribution in [-0.4, -0.2) is 39.3 Å². The fourth-order valence-electron chi connectivity index (χ4n) is 2.20. The molecule has 1 aromatic rings. The lowest BCUT2D eigenvalue weighted by Gasteiger charge is -2.22. The molecule has 0 saturated carbocycles. The van der Waals surface area contributed by atoms with Gasteiger partial charge in [0, 0.05) is 18.7 Å². The van der Waals surface area contributed by atoms with Crippen LogP contribution in [0.25, 0.3) is 0 Å². The maximum atomic E-state index is 5.66. The monoisotopic (exact) mass is 266 g/mol. The number of hydrogen-bond acceptors (Lipinski definition) is 4. The molecule has 19 heavy (non-hydrogen) atoms. The standard InChI is InChI=1S/C15H26N2O2/c1-11(8-16)9-17(3)10-13-7-14(18-4)12(2)6-15(13)19-5/h6-7,11H,8-10,16H2,1-5H3. The molecule has 4 heteroatoms. The van der Waals surface area contributed by atoms with E-state index in [0.717, 1.165) is 35.7 Å². The molecule has 1 rings (SSSR count). The Kier molecular flexibility index (Phi) is 6.12. The summed E-state index contributed by atoms with van der Waals surface area (Å²) in [7, 11) is 5.49. The highest BCUT2D eigenvalue weighted by atomic mass is 16.5. The topological polar surface area (TPSA) is 47.7 Å². The van der Waals surface area contributed by atoms with E-state index in [1.165, 1.54) is 0 Å². The van der Waals surface area contributed by atoms with Gasteiger partial charge >= 0.3 is 0 Å². The summed E-state index contributed by atoms with van der Waals surface area (Å²) in [6, 6.07) is 4.08. The highest BCUT2D eigenvalue weighted by Gasteiger charge is 2.12. The van der Waals surface area contributed by atoms with E-state index in [-0.39, 0.29) is 0 Å². The zero-order valence-electron chi connectivity index (χ0n) is 12.7. The van der Waals surface area contributed by atoms with Crippen molar-refractivity contribution in [3.63, 3.8) is 0 Å². The molecule has 1 aromatic carbocycles. The molecule has 0 aromatic heterocycles. The molecule has 0 aliphatic carbocycles. The van der Waals surface area contributed by atoms with Crippen LogP contribution in [0.2, 0.25) is 0 Å². The van der Waals surface area contributed by atoms with Crippen LogP contribution in [0.1, 0.15) is 18.1 Å². The Morgan fingerprint density at radius 2 is 1.84 bits per heavy atom. The summed E-state index contributed by atoms with van der Waals surface area (Å²) in [4.78, 5) is 2.25. The van der Waals surface area contributed by atoms with E-state index in [1.54, 1.807) is 14.2 Å². The Bertz CT molecular complexity index is 407. The number of rotatable bonds is 7. The summed E-state index contributed by atoms with van der Waals surface area (Å²) in [5.41, 5.74) is 7.88. The first-order valence-corrected chi connectivity index (χ1v) is 6.61. The molecule has 0 amide bonds. The van der Waals surface area contributed by atoms with E-state index < -0.39 is 0 Å². The first-order valence-electron chi connectivity index (χ1n) is 6.61. The largest absolute Gasteiger partial charge is 0.496 e. The number of hydrogen-bond donors (Lipinski definition) is 1. The van der Waals surface area contributed by atoms with Crippen molar-refractivity contribution in [1.82, 2.24) is 4.90 Å². The number of methoxy groups -OCH3 is 2. The third kappa shape index (κ3) is 4.40. The lowest BCUT2D eigenvalue weighted by Crippen LogP contribution is -2.28. The Hall–Kier alpha value is -1.26. The highest BCUT2D eigenvalue weighted by molar-refractivity contribution is 5.45. The molecule has 1 atom stereocenters. The maximum absolute atomic E-state index is 5.66. The van der Waals surface area contributed by atoms with Gasteiger partial charge in [0.25, 0.3) is 0 Å². The molecule has 4 nitrogen and oxygen atoms in total. The van der Waals surface area contributed by atoms with Gasteiger partial charge in [-0.1, -0.05) is 6.92 Å². The van der Waals surface area contributed by atoms with E-state index in [9.17, 15) is 0 Å². The lowest BCUT2D eigenvalue weighted by molar-refractivity contribution is 0.276. The second-order valence-electron chi connectivity index (χ2n) is 5.17. The zero-order valence-corrected chi connectivity index (χ0v) is 12.7. The Labute approximate surface area is 116 Å². The quantitative estimate of drug-likeness (QED) is 0.820. The summed E-state index contributed by atoms with van der Waals surface area (Å²) < 4.78 is 10.8. The van der Waals surface area contributed by atoms with E-state index in [2.05, 4.69) is 24.9 Å². The van der Waals surface area contributed by atoms with Gasteiger partial charge in [0.1, 0.15) is 11.5 Å².